The van der Waals surface area contributed by atoms with Gasteiger partial charge in [-0.2, -0.15) is 0 Å². The fourth-order valence-corrected chi connectivity index (χ4v) is 6.29. The molecule has 9 nitrogen and oxygen atoms in total. The molecule has 0 rings (SSSR count). The third kappa shape index (κ3) is 39.7. The molecule has 2 atom stereocenters. The van der Waals surface area contributed by atoms with E-state index in [2.05, 4.69) is 50.3 Å². The molecule has 0 amide bonds. The van der Waals surface area contributed by atoms with Crippen molar-refractivity contribution >= 4 is 19.8 Å². The van der Waals surface area contributed by atoms with E-state index in [4.69, 9.17) is 18.5 Å². The highest BCUT2D eigenvalue weighted by Crippen LogP contribution is 2.43. The van der Waals surface area contributed by atoms with Crippen molar-refractivity contribution < 1.29 is 42.1 Å². The summed E-state index contributed by atoms with van der Waals surface area (Å²) in [6.07, 6.45) is 39.0. The van der Waals surface area contributed by atoms with Crippen LogP contribution in [0.25, 0.3) is 0 Å². The molecular weight excluding hydrogens is 689 g/mol. The number of ether oxygens (including phenoxy) is 2. The molecule has 0 aromatic heterocycles. The van der Waals surface area contributed by atoms with Gasteiger partial charge in [-0.25, -0.2) is 4.57 Å². The maximum absolute atomic E-state index is 12.7. The Balaban J connectivity index is 4.43. The monoisotopic (exact) mass is 771 g/mol. The van der Waals surface area contributed by atoms with E-state index in [9.17, 15) is 19.0 Å². The van der Waals surface area contributed by atoms with Crippen LogP contribution in [-0.4, -0.2) is 74.9 Å². The minimum atomic E-state index is -4.38. The molecule has 10 heteroatoms. The summed E-state index contributed by atoms with van der Waals surface area (Å²) in [6, 6.07) is 0. The number of phosphoric acid groups is 1. The Labute approximate surface area is 325 Å². The summed E-state index contributed by atoms with van der Waals surface area (Å²) in [7, 11) is 1.46. The van der Waals surface area contributed by atoms with Gasteiger partial charge in [0, 0.05) is 12.8 Å². The highest BCUT2D eigenvalue weighted by molar-refractivity contribution is 7.47. The van der Waals surface area contributed by atoms with Gasteiger partial charge in [-0.1, -0.05) is 147 Å². The van der Waals surface area contributed by atoms with Crippen molar-refractivity contribution in [3.05, 3.63) is 36.5 Å². The largest absolute Gasteiger partial charge is 0.472 e. The Bertz CT molecular complexity index is 1010. The summed E-state index contributed by atoms with van der Waals surface area (Å²) in [4.78, 5) is 35.3. The second-order valence-electron chi connectivity index (χ2n) is 15.4. The molecule has 0 fully saturated rings. The molecule has 0 aliphatic rings. The Morgan fingerprint density at radius 3 is 1.55 bits per heavy atom. The number of hydrogen-bond acceptors (Lipinski definition) is 7. The molecule has 0 aliphatic carbocycles. The summed E-state index contributed by atoms with van der Waals surface area (Å²) >= 11 is 0. The van der Waals surface area contributed by atoms with Crippen LogP contribution < -0.4 is 0 Å². The van der Waals surface area contributed by atoms with Crippen LogP contribution in [0.15, 0.2) is 36.5 Å². The lowest BCUT2D eigenvalue weighted by Gasteiger charge is -2.24. The van der Waals surface area contributed by atoms with Crippen LogP contribution in [0.2, 0.25) is 0 Å². The molecule has 0 heterocycles. The average Bonchev–Trinajstić information content (AvgIpc) is 3.10. The van der Waals surface area contributed by atoms with E-state index in [-0.39, 0.29) is 32.0 Å². The molecule has 1 N–H and O–H groups in total. The van der Waals surface area contributed by atoms with Gasteiger partial charge < -0.3 is 18.9 Å². The zero-order chi connectivity index (χ0) is 39.3. The molecular formula is C43H81NO8P+. The Morgan fingerprint density at radius 1 is 0.585 bits per heavy atom. The van der Waals surface area contributed by atoms with Crippen LogP contribution in [-0.2, 0) is 32.7 Å². The first-order chi connectivity index (χ1) is 25.5. The zero-order valence-electron chi connectivity index (χ0n) is 34.7. The maximum atomic E-state index is 12.7. The van der Waals surface area contributed by atoms with Crippen LogP contribution in [0.3, 0.4) is 0 Å². The quantitative estimate of drug-likeness (QED) is 0.0217. The fourth-order valence-electron chi connectivity index (χ4n) is 5.55. The number of unbranched alkanes of at least 4 members (excludes halogenated alkanes) is 18. The van der Waals surface area contributed by atoms with E-state index in [0.717, 1.165) is 57.8 Å². The van der Waals surface area contributed by atoms with Gasteiger partial charge in [-0.05, 0) is 51.4 Å². The Hall–Kier alpha value is -1.77. The minimum Gasteiger partial charge on any atom is -0.462 e. The molecule has 0 spiro atoms. The first-order valence-electron chi connectivity index (χ1n) is 21.2. The Kier molecular flexibility index (Phi) is 34.7. The van der Waals surface area contributed by atoms with Crippen molar-refractivity contribution in [1.29, 1.82) is 0 Å². The number of carbonyl (C=O) groups excluding carboxylic acids is 2. The molecule has 0 bridgehead atoms. The van der Waals surface area contributed by atoms with Gasteiger partial charge in [-0.3, -0.25) is 18.6 Å². The number of likely N-dealkylation sites (N-methyl/N-ethyl adjacent to an activating group) is 1. The molecule has 0 aromatic rings. The number of esters is 2. The fraction of sp³-hybridized carbons (Fsp3) is 0.814. The molecule has 310 valence electrons. The Morgan fingerprint density at radius 2 is 1.02 bits per heavy atom. The van der Waals surface area contributed by atoms with Crippen LogP contribution >= 0.6 is 7.82 Å². The van der Waals surface area contributed by atoms with E-state index in [1.807, 2.05) is 21.1 Å². The minimum absolute atomic E-state index is 0.0275. The zero-order valence-corrected chi connectivity index (χ0v) is 35.6. The van der Waals surface area contributed by atoms with E-state index in [1.165, 1.54) is 83.5 Å². The number of nitrogens with zero attached hydrogens (tertiary/aromatic N) is 1. The maximum Gasteiger partial charge on any atom is 0.472 e. The molecule has 0 saturated carbocycles. The first kappa shape index (κ1) is 51.2. The molecule has 0 aliphatic heterocycles. The lowest BCUT2D eigenvalue weighted by Crippen LogP contribution is -2.37. The predicted octanol–water partition coefficient (Wildman–Crippen LogP) is 11.7. The summed E-state index contributed by atoms with van der Waals surface area (Å²) in [5, 5.41) is 0. The highest BCUT2D eigenvalue weighted by atomic mass is 31.2. The molecule has 53 heavy (non-hydrogen) atoms. The average molecular weight is 771 g/mol. The van der Waals surface area contributed by atoms with Crippen molar-refractivity contribution in [3.8, 4) is 0 Å². The van der Waals surface area contributed by atoms with Crippen molar-refractivity contribution in [2.75, 3.05) is 47.5 Å². The van der Waals surface area contributed by atoms with E-state index < -0.39 is 26.5 Å². The molecule has 0 aromatic carbocycles. The van der Waals surface area contributed by atoms with Gasteiger partial charge >= 0.3 is 19.8 Å². The SMILES string of the molecule is CCCCC/C=C\C/C=C\C/C=C\CCCCCCC(=O)O[C@H](COC(=O)CCCCCCCCCCCCCC)COP(=O)(O)OCC[N+](C)(C)C. The highest BCUT2D eigenvalue weighted by Gasteiger charge is 2.27. The van der Waals surface area contributed by atoms with Crippen molar-refractivity contribution in [1.82, 2.24) is 0 Å². The number of carbonyl (C=O) groups is 2. The van der Waals surface area contributed by atoms with Crippen LogP contribution in [0.4, 0.5) is 0 Å². The van der Waals surface area contributed by atoms with Crippen molar-refractivity contribution in [3.63, 3.8) is 0 Å². The lowest BCUT2D eigenvalue weighted by atomic mass is 10.0. The number of rotatable bonds is 38. The second-order valence-corrected chi connectivity index (χ2v) is 16.8. The molecule has 0 radical (unpaired) electrons. The smallest absolute Gasteiger partial charge is 0.462 e. The van der Waals surface area contributed by atoms with Crippen LogP contribution in [0.1, 0.15) is 174 Å². The van der Waals surface area contributed by atoms with Gasteiger partial charge in [0.2, 0.25) is 0 Å². The van der Waals surface area contributed by atoms with Gasteiger partial charge in [-0.15, -0.1) is 0 Å². The number of allylic oxidation sites excluding steroid dienone is 6. The lowest BCUT2D eigenvalue weighted by molar-refractivity contribution is -0.870. The molecule has 0 saturated heterocycles. The third-order valence-corrected chi connectivity index (χ3v) is 9.91. The number of hydrogen-bond donors (Lipinski definition) is 1. The summed E-state index contributed by atoms with van der Waals surface area (Å²) in [5.41, 5.74) is 0. The van der Waals surface area contributed by atoms with Gasteiger partial charge in [0.05, 0.1) is 27.7 Å². The van der Waals surface area contributed by atoms with Crippen molar-refractivity contribution in [2.24, 2.45) is 0 Å². The standard InChI is InChI=1S/C43H80NO8P/c1-6-8-10-12-14-16-18-20-21-22-23-24-26-28-30-32-34-36-43(46)52-41(40-51-53(47,48)50-38-37-44(3,4)5)39-49-42(45)35-33-31-29-27-25-19-17-15-13-11-9-7-2/h14,16,20-21,23-24,41H,6-13,15,17-19,22,25-40H2,1-5H3/p+1/b16-14-,21-20-,24-23-/t41-/m1/s1. The normalized spacial score (nSPS) is 14.0. The van der Waals surface area contributed by atoms with Gasteiger partial charge in [0.15, 0.2) is 6.10 Å². The summed E-state index contributed by atoms with van der Waals surface area (Å²) in [6.45, 7) is 4.36. The van der Waals surface area contributed by atoms with Gasteiger partial charge in [0.1, 0.15) is 19.8 Å². The first-order valence-corrected chi connectivity index (χ1v) is 22.7. The van der Waals surface area contributed by atoms with Crippen LogP contribution in [0, 0.1) is 0 Å². The van der Waals surface area contributed by atoms with Crippen molar-refractivity contribution in [2.45, 2.75) is 180 Å². The van der Waals surface area contributed by atoms with E-state index >= 15 is 0 Å². The third-order valence-electron chi connectivity index (χ3n) is 8.92. The number of phosphoric ester groups is 1. The topological polar surface area (TPSA) is 108 Å². The van der Waals surface area contributed by atoms with E-state index in [0.29, 0.717) is 17.4 Å². The summed E-state index contributed by atoms with van der Waals surface area (Å²) < 4.78 is 34.2. The molecule has 1 unspecified atom stereocenters. The van der Waals surface area contributed by atoms with Gasteiger partial charge in [0.25, 0.3) is 0 Å². The van der Waals surface area contributed by atoms with E-state index in [1.54, 1.807) is 0 Å². The second kappa shape index (κ2) is 35.9. The number of quaternary nitrogens is 1. The predicted molar refractivity (Wildman–Crippen MR) is 220 cm³/mol. The van der Waals surface area contributed by atoms with Crippen LogP contribution in [0.5, 0.6) is 0 Å². The summed E-state index contributed by atoms with van der Waals surface area (Å²) in [5.74, 6) is -0.822.